The van der Waals surface area contributed by atoms with Gasteiger partial charge in [-0.3, -0.25) is 4.31 Å². The van der Waals surface area contributed by atoms with Gasteiger partial charge in [0.25, 0.3) is 0 Å². The van der Waals surface area contributed by atoms with Gasteiger partial charge in [0.2, 0.25) is 10.0 Å². The third-order valence-corrected chi connectivity index (χ3v) is 4.93. The lowest BCUT2D eigenvalue weighted by atomic mass is 10.2. The Labute approximate surface area is 90.8 Å². The van der Waals surface area contributed by atoms with E-state index in [2.05, 4.69) is 0 Å². The summed E-state index contributed by atoms with van der Waals surface area (Å²) in [6.45, 7) is 4.02. The van der Waals surface area contributed by atoms with Crippen molar-refractivity contribution in [2.45, 2.75) is 25.5 Å². The molecule has 0 fully saturated rings. The van der Waals surface area contributed by atoms with E-state index in [-0.39, 0.29) is 5.25 Å². The van der Waals surface area contributed by atoms with Gasteiger partial charge in [-0.1, -0.05) is 18.2 Å². The van der Waals surface area contributed by atoms with Crippen molar-refractivity contribution >= 4 is 15.7 Å². The smallest absolute Gasteiger partial charge is 0.237 e. The first-order valence-electron chi connectivity index (χ1n) is 5.13. The van der Waals surface area contributed by atoms with Crippen LogP contribution in [0.15, 0.2) is 24.3 Å². The van der Waals surface area contributed by atoms with Crippen LogP contribution in [0.3, 0.4) is 0 Å². The minimum Gasteiger partial charge on any atom is -0.269 e. The van der Waals surface area contributed by atoms with Gasteiger partial charge in [-0.2, -0.15) is 0 Å². The molecular weight excluding hydrogens is 210 g/mol. The van der Waals surface area contributed by atoms with Crippen LogP contribution in [0, 0.1) is 0 Å². The second-order valence-electron chi connectivity index (χ2n) is 4.04. The summed E-state index contributed by atoms with van der Waals surface area (Å²) in [6.07, 6.45) is 0.822. The van der Waals surface area contributed by atoms with Crippen molar-refractivity contribution in [3.8, 4) is 0 Å². The van der Waals surface area contributed by atoms with Crippen LogP contribution in [-0.4, -0.2) is 20.2 Å². The maximum atomic E-state index is 12.0. The average molecular weight is 225 g/mol. The van der Waals surface area contributed by atoms with Crippen LogP contribution in [0.4, 0.5) is 5.69 Å². The van der Waals surface area contributed by atoms with Crippen LogP contribution < -0.4 is 4.31 Å². The zero-order valence-electron chi connectivity index (χ0n) is 8.97. The highest BCUT2D eigenvalue weighted by atomic mass is 32.2. The first kappa shape index (κ1) is 10.5. The molecule has 0 radical (unpaired) electrons. The van der Waals surface area contributed by atoms with E-state index in [4.69, 9.17) is 0 Å². The fourth-order valence-corrected chi connectivity index (χ4v) is 3.13. The van der Waals surface area contributed by atoms with Crippen molar-refractivity contribution in [2.75, 3.05) is 10.8 Å². The normalized spacial score (nSPS) is 15.8. The number of anilines is 1. The Kier molecular flexibility index (Phi) is 2.46. The second kappa shape index (κ2) is 3.52. The van der Waals surface area contributed by atoms with E-state index in [9.17, 15) is 8.42 Å². The number of rotatable bonds is 2. The van der Waals surface area contributed by atoms with Crippen molar-refractivity contribution in [3.05, 3.63) is 29.8 Å². The molecule has 1 aliphatic rings. The maximum absolute atomic E-state index is 12.0. The summed E-state index contributed by atoms with van der Waals surface area (Å²) >= 11 is 0. The number of para-hydroxylation sites is 1. The van der Waals surface area contributed by atoms with Crippen molar-refractivity contribution in [3.63, 3.8) is 0 Å². The fourth-order valence-electron chi connectivity index (χ4n) is 1.83. The molecule has 0 aromatic heterocycles. The monoisotopic (exact) mass is 225 g/mol. The van der Waals surface area contributed by atoms with Crippen LogP contribution in [0.25, 0.3) is 0 Å². The highest BCUT2D eigenvalue weighted by Crippen LogP contribution is 2.30. The molecule has 0 aliphatic carbocycles. The highest BCUT2D eigenvalue weighted by molar-refractivity contribution is 7.93. The predicted molar refractivity (Wildman–Crippen MR) is 61.5 cm³/mol. The molecule has 82 valence electrons. The zero-order chi connectivity index (χ0) is 11.1. The lowest BCUT2D eigenvalue weighted by Gasteiger charge is -2.21. The van der Waals surface area contributed by atoms with Crippen LogP contribution in [0.2, 0.25) is 0 Å². The van der Waals surface area contributed by atoms with Gasteiger partial charge in [0.15, 0.2) is 0 Å². The van der Waals surface area contributed by atoms with E-state index in [1.165, 1.54) is 4.31 Å². The summed E-state index contributed by atoms with van der Waals surface area (Å²) in [6, 6.07) is 7.70. The molecule has 0 spiro atoms. The lowest BCUT2D eigenvalue weighted by molar-refractivity contribution is 0.583. The maximum Gasteiger partial charge on any atom is 0.237 e. The standard InChI is InChI=1S/C11H15NO2S/c1-9(2)15(13,14)12-8-7-10-5-3-4-6-11(10)12/h3-6,9H,7-8H2,1-2H3. The van der Waals surface area contributed by atoms with Crippen molar-refractivity contribution in [2.24, 2.45) is 0 Å². The Balaban J connectivity index is 2.45. The van der Waals surface area contributed by atoms with E-state index in [0.29, 0.717) is 6.54 Å². The van der Waals surface area contributed by atoms with Gasteiger partial charge in [0, 0.05) is 6.54 Å². The Morgan fingerprint density at radius 1 is 1.27 bits per heavy atom. The molecule has 0 saturated heterocycles. The number of fused-ring (bicyclic) bond motifs is 1. The van der Waals surface area contributed by atoms with Crippen LogP contribution in [0.5, 0.6) is 0 Å². The topological polar surface area (TPSA) is 37.4 Å². The minimum atomic E-state index is -3.16. The number of sulfonamides is 1. The molecule has 0 N–H and O–H groups in total. The summed E-state index contributed by atoms with van der Waals surface area (Å²) in [5.41, 5.74) is 1.98. The van der Waals surface area contributed by atoms with Crippen LogP contribution >= 0.6 is 0 Å². The molecule has 0 bridgehead atoms. The summed E-state index contributed by atoms with van der Waals surface area (Å²) < 4.78 is 25.6. The molecule has 1 aliphatic heterocycles. The van der Waals surface area contributed by atoms with Gasteiger partial charge in [0.05, 0.1) is 10.9 Å². The Hall–Kier alpha value is -1.03. The third kappa shape index (κ3) is 1.63. The summed E-state index contributed by atoms with van der Waals surface area (Å²) in [4.78, 5) is 0. The molecule has 1 heterocycles. The zero-order valence-corrected chi connectivity index (χ0v) is 9.79. The number of nitrogens with zero attached hydrogens (tertiary/aromatic N) is 1. The molecule has 0 atom stereocenters. The van der Waals surface area contributed by atoms with Crippen LogP contribution in [0.1, 0.15) is 19.4 Å². The minimum absolute atomic E-state index is 0.358. The molecule has 1 aromatic carbocycles. The predicted octanol–water partition coefficient (Wildman–Crippen LogP) is 1.79. The van der Waals surface area contributed by atoms with Gasteiger partial charge in [-0.25, -0.2) is 8.42 Å². The Morgan fingerprint density at radius 2 is 1.93 bits per heavy atom. The highest BCUT2D eigenvalue weighted by Gasteiger charge is 2.30. The molecule has 3 nitrogen and oxygen atoms in total. The van der Waals surface area contributed by atoms with Crippen molar-refractivity contribution in [1.29, 1.82) is 0 Å². The van der Waals surface area contributed by atoms with Gasteiger partial charge in [-0.05, 0) is 31.9 Å². The lowest BCUT2D eigenvalue weighted by Crippen LogP contribution is -2.34. The Bertz CT molecular complexity index is 465. The van der Waals surface area contributed by atoms with E-state index in [1.807, 2.05) is 24.3 Å². The number of hydrogen-bond acceptors (Lipinski definition) is 2. The van der Waals surface area contributed by atoms with E-state index in [0.717, 1.165) is 17.7 Å². The quantitative estimate of drug-likeness (QED) is 0.769. The first-order chi connectivity index (χ1) is 7.03. The van der Waals surface area contributed by atoms with Crippen LogP contribution in [-0.2, 0) is 16.4 Å². The molecule has 4 heteroatoms. The fraction of sp³-hybridized carbons (Fsp3) is 0.455. The van der Waals surface area contributed by atoms with Crippen molar-refractivity contribution in [1.82, 2.24) is 0 Å². The first-order valence-corrected chi connectivity index (χ1v) is 6.63. The molecule has 0 unspecified atom stereocenters. The largest absolute Gasteiger partial charge is 0.269 e. The summed E-state index contributed by atoms with van der Waals surface area (Å²) in [5.74, 6) is 0. The summed E-state index contributed by atoms with van der Waals surface area (Å²) in [7, 11) is -3.16. The molecule has 1 aromatic rings. The van der Waals surface area contributed by atoms with Gasteiger partial charge in [-0.15, -0.1) is 0 Å². The van der Waals surface area contributed by atoms with E-state index in [1.54, 1.807) is 13.8 Å². The van der Waals surface area contributed by atoms with Gasteiger partial charge >= 0.3 is 0 Å². The van der Waals surface area contributed by atoms with Crippen molar-refractivity contribution < 1.29 is 8.42 Å². The molecule has 0 amide bonds. The average Bonchev–Trinajstić information content (AvgIpc) is 2.61. The van der Waals surface area contributed by atoms with Gasteiger partial charge < -0.3 is 0 Å². The van der Waals surface area contributed by atoms with Gasteiger partial charge in [0.1, 0.15) is 0 Å². The summed E-state index contributed by atoms with van der Waals surface area (Å²) in [5, 5.41) is -0.358. The molecule has 0 saturated carbocycles. The Morgan fingerprint density at radius 3 is 2.60 bits per heavy atom. The molecular formula is C11H15NO2S. The van der Waals surface area contributed by atoms with E-state index < -0.39 is 10.0 Å². The molecule has 2 rings (SSSR count). The molecule has 15 heavy (non-hydrogen) atoms. The third-order valence-electron chi connectivity index (χ3n) is 2.75. The van der Waals surface area contributed by atoms with E-state index >= 15 is 0 Å². The number of benzene rings is 1. The SMILES string of the molecule is CC(C)S(=O)(=O)N1CCc2ccccc21. The number of hydrogen-bond donors (Lipinski definition) is 0. The second-order valence-corrected chi connectivity index (χ2v) is 6.46.